The minimum Gasteiger partial charge on any atom is -0.383 e. The molecular weight excluding hydrogens is 436 g/mol. The van der Waals surface area contributed by atoms with Crippen molar-refractivity contribution < 1.29 is 13.2 Å². The average Bonchev–Trinajstić information content (AvgIpc) is 3.00. The molecule has 1 saturated carbocycles. The second-order valence-corrected chi connectivity index (χ2v) is 11.1. The van der Waals surface area contributed by atoms with Gasteiger partial charge in [-0.1, -0.05) is 43.5 Å². The van der Waals surface area contributed by atoms with Gasteiger partial charge in [0.25, 0.3) is 5.91 Å². The van der Waals surface area contributed by atoms with Gasteiger partial charge in [-0.15, -0.1) is 0 Å². The van der Waals surface area contributed by atoms with Gasteiger partial charge in [-0.05, 0) is 42.5 Å². The summed E-state index contributed by atoms with van der Waals surface area (Å²) < 4.78 is 29.8. The first-order valence-electron chi connectivity index (χ1n) is 11.6. The SMILES string of the molecule is CN(C)S(=O)(=O)NC(=O)c1ccc2c(C3CCCCC3)c3n(c2c1)CCNc1ccccc1-3. The predicted molar refractivity (Wildman–Crippen MR) is 132 cm³/mol. The number of fused-ring (bicyclic) bond motifs is 5. The predicted octanol–water partition coefficient (Wildman–Crippen LogP) is 4.32. The molecule has 0 spiro atoms. The van der Waals surface area contributed by atoms with E-state index in [9.17, 15) is 13.2 Å². The van der Waals surface area contributed by atoms with Gasteiger partial charge in [-0.25, -0.2) is 4.72 Å². The zero-order valence-corrected chi connectivity index (χ0v) is 19.9. The number of para-hydroxylation sites is 1. The Bertz CT molecular complexity index is 1320. The Hall–Kier alpha value is -2.84. The van der Waals surface area contributed by atoms with Gasteiger partial charge >= 0.3 is 10.2 Å². The van der Waals surface area contributed by atoms with Crippen LogP contribution in [0.1, 0.15) is 53.9 Å². The summed E-state index contributed by atoms with van der Waals surface area (Å²) in [5.41, 5.74) is 6.25. The topological polar surface area (TPSA) is 83.4 Å². The number of anilines is 1. The second-order valence-electron chi connectivity index (χ2n) is 9.17. The van der Waals surface area contributed by atoms with Gasteiger partial charge in [-0.2, -0.15) is 12.7 Å². The molecule has 2 aromatic carbocycles. The van der Waals surface area contributed by atoms with E-state index in [1.807, 2.05) is 12.1 Å². The van der Waals surface area contributed by atoms with Crippen molar-refractivity contribution in [3.05, 3.63) is 53.6 Å². The quantitative estimate of drug-likeness (QED) is 0.600. The van der Waals surface area contributed by atoms with Crippen LogP contribution in [-0.4, -0.2) is 43.8 Å². The number of nitrogens with one attached hydrogen (secondary N) is 2. The lowest BCUT2D eigenvalue weighted by Crippen LogP contribution is -2.39. The molecule has 174 valence electrons. The largest absolute Gasteiger partial charge is 0.383 e. The van der Waals surface area contributed by atoms with Gasteiger partial charge in [0, 0.05) is 54.9 Å². The summed E-state index contributed by atoms with van der Waals surface area (Å²) in [6.07, 6.45) is 6.10. The van der Waals surface area contributed by atoms with Gasteiger partial charge in [0.05, 0.1) is 5.69 Å². The van der Waals surface area contributed by atoms with Crippen molar-refractivity contribution in [2.24, 2.45) is 0 Å². The molecule has 1 fully saturated rings. The molecule has 5 rings (SSSR count). The number of benzene rings is 2. The van der Waals surface area contributed by atoms with Crippen LogP contribution in [0.15, 0.2) is 42.5 Å². The van der Waals surface area contributed by atoms with Crippen LogP contribution >= 0.6 is 0 Å². The van der Waals surface area contributed by atoms with Crippen molar-refractivity contribution in [2.75, 3.05) is 26.0 Å². The van der Waals surface area contributed by atoms with E-state index in [0.29, 0.717) is 11.5 Å². The molecule has 0 unspecified atom stereocenters. The molecule has 1 aliphatic heterocycles. The summed E-state index contributed by atoms with van der Waals surface area (Å²) in [6.45, 7) is 1.55. The lowest BCUT2D eigenvalue weighted by molar-refractivity contribution is 0.0980. The van der Waals surface area contributed by atoms with Crippen LogP contribution in [0.25, 0.3) is 22.2 Å². The smallest absolute Gasteiger partial charge is 0.303 e. The van der Waals surface area contributed by atoms with Crippen molar-refractivity contribution in [2.45, 2.75) is 44.6 Å². The van der Waals surface area contributed by atoms with Gasteiger partial charge < -0.3 is 9.88 Å². The summed E-state index contributed by atoms with van der Waals surface area (Å²) >= 11 is 0. The summed E-state index contributed by atoms with van der Waals surface area (Å²) in [7, 11) is -1.07. The van der Waals surface area contributed by atoms with Gasteiger partial charge in [0.2, 0.25) is 0 Å². The molecule has 0 saturated heterocycles. The van der Waals surface area contributed by atoms with Crippen LogP contribution in [0.3, 0.4) is 0 Å². The van der Waals surface area contributed by atoms with Crippen molar-refractivity contribution >= 4 is 32.7 Å². The first kappa shape index (κ1) is 22.0. The molecule has 8 heteroatoms. The van der Waals surface area contributed by atoms with Crippen LogP contribution in [0.4, 0.5) is 5.69 Å². The molecular formula is C25H30N4O3S. The lowest BCUT2D eigenvalue weighted by Gasteiger charge is -2.23. The van der Waals surface area contributed by atoms with Gasteiger partial charge in [0.1, 0.15) is 0 Å². The van der Waals surface area contributed by atoms with Crippen LogP contribution in [0.2, 0.25) is 0 Å². The lowest BCUT2D eigenvalue weighted by atomic mass is 9.81. The summed E-state index contributed by atoms with van der Waals surface area (Å²) in [4.78, 5) is 12.8. The molecule has 0 bridgehead atoms. The normalized spacial score (nSPS) is 16.7. The molecule has 1 aromatic heterocycles. The minimum atomic E-state index is -3.86. The maximum atomic E-state index is 12.8. The number of rotatable bonds is 4. The van der Waals surface area contributed by atoms with E-state index in [1.165, 1.54) is 68.4 Å². The second kappa shape index (κ2) is 8.50. The third-order valence-corrected chi connectivity index (χ3v) is 8.32. The molecule has 1 amide bonds. The van der Waals surface area contributed by atoms with Crippen molar-refractivity contribution in [1.29, 1.82) is 0 Å². The maximum Gasteiger partial charge on any atom is 0.303 e. The minimum absolute atomic E-state index is 0.342. The highest BCUT2D eigenvalue weighted by Crippen LogP contribution is 2.46. The number of carbonyl (C=O) groups excluding carboxylic acids is 1. The molecule has 0 radical (unpaired) electrons. The fraction of sp³-hybridized carbons (Fsp3) is 0.400. The maximum absolute atomic E-state index is 12.8. The fourth-order valence-electron chi connectivity index (χ4n) is 5.26. The fourth-order valence-corrected chi connectivity index (χ4v) is 5.79. The molecule has 2 N–H and O–H groups in total. The van der Waals surface area contributed by atoms with Crippen LogP contribution in [0.5, 0.6) is 0 Å². The highest BCUT2D eigenvalue weighted by molar-refractivity contribution is 7.87. The standard InChI is InChI=1S/C25H30N4O3S/c1-28(2)33(31,32)27-25(30)18-12-13-20-22(16-18)29-15-14-26-21-11-7-6-10-19(21)24(29)23(20)17-8-4-3-5-9-17/h6-7,10-13,16-17,26H,3-5,8-9,14-15H2,1-2H3,(H,27,30). The Labute approximate surface area is 195 Å². The first-order chi connectivity index (χ1) is 15.9. The Kier molecular flexibility index (Phi) is 5.66. The van der Waals surface area contributed by atoms with Gasteiger partial charge in [0.15, 0.2) is 0 Å². The highest BCUT2D eigenvalue weighted by Gasteiger charge is 2.29. The number of carbonyl (C=O) groups is 1. The van der Waals surface area contributed by atoms with Crippen LogP contribution < -0.4 is 10.0 Å². The Morgan fingerprint density at radius 2 is 1.85 bits per heavy atom. The first-order valence-corrected chi connectivity index (χ1v) is 13.0. The molecule has 2 heterocycles. The van der Waals surface area contributed by atoms with E-state index >= 15 is 0 Å². The zero-order chi connectivity index (χ0) is 23.2. The zero-order valence-electron chi connectivity index (χ0n) is 19.1. The highest BCUT2D eigenvalue weighted by atomic mass is 32.2. The Balaban J connectivity index is 1.69. The van der Waals surface area contributed by atoms with E-state index < -0.39 is 16.1 Å². The van der Waals surface area contributed by atoms with Crippen molar-refractivity contribution in [3.63, 3.8) is 0 Å². The third-order valence-electron chi connectivity index (χ3n) is 6.91. The van der Waals surface area contributed by atoms with E-state index in [2.05, 4.69) is 38.9 Å². The number of hydrogen-bond donors (Lipinski definition) is 2. The monoisotopic (exact) mass is 466 g/mol. The number of aromatic nitrogens is 1. The Morgan fingerprint density at radius 3 is 2.61 bits per heavy atom. The van der Waals surface area contributed by atoms with Crippen LogP contribution in [-0.2, 0) is 16.8 Å². The molecule has 2 aliphatic rings. The Morgan fingerprint density at radius 1 is 1.09 bits per heavy atom. The number of nitrogens with zero attached hydrogens (tertiary/aromatic N) is 2. The number of hydrogen-bond acceptors (Lipinski definition) is 4. The van der Waals surface area contributed by atoms with Gasteiger partial charge in [-0.3, -0.25) is 4.79 Å². The molecule has 1 aliphatic carbocycles. The van der Waals surface area contributed by atoms with E-state index in [0.717, 1.165) is 28.6 Å². The summed E-state index contributed by atoms with van der Waals surface area (Å²) in [5.74, 6) is -0.134. The molecule has 7 nitrogen and oxygen atoms in total. The summed E-state index contributed by atoms with van der Waals surface area (Å²) in [5, 5.41) is 4.72. The number of amides is 1. The molecule has 3 aromatic rings. The van der Waals surface area contributed by atoms with Crippen LogP contribution in [0, 0.1) is 0 Å². The average molecular weight is 467 g/mol. The van der Waals surface area contributed by atoms with E-state index in [1.54, 1.807) is 6.07 Å². The summed E-state index contributed by atoms with van der Waals surface area (Å²) in [6, 6.07) is 14.0. The molecule has 0 atom stereocenters. The van der Waals surface area contributed by atoms with E-state index in [-0.39, 0.29) is 0 Å². The third kappa shape index (κ3) is 3.91. The van der Waals surface area contributed by atoms with Crippen molar-refractivity contribution in [3.8, 4) is 11.3 Å². The van der Waals surface area contributed by atoms with E-state index in [4.69, 9.17) is 0 Å². The molecule has 33 heavy (non-hydrogen) atoms. The van der Waals surface area contributed by atoms with Crippen molar-refractivity contribution in [1.82, 2.24) is 13.6 Å².